The number of carbonyl (C=O) groups excluding carboxylic acids is 1. The molecule has 0 atom stereocenters. The number of halogens is 1. The zero-order chi connectivity index (χ0) is 26.1. The molecule has 0 fully saturated rings. The largest absolute Gasteiger partial charge is 0.505 e. The molecule has 0 bridgehead atoms. The van der Waals surface area contributed by atoms with E-state index in [9.17, 15) is 14.7 Å². The Kier molecular flexibility index (Phi) is 10.1. The molecule has 2 aromatic carbocycles. The second-order valence-corrected chi connectivity index (χ2v) is 7.93. The maximum absolute atomic E-state index is 12.7. The van der Waals surface area contributed by atoms with E-state index in [1.54, 1.807) is 26.0 Å². The van der Waals surface area contributed by atoms with Gasteiger partial charge in [-0.3, -0.25) is 9.59 Å². The highest BCUT2D eigenvalue weighted by molar-refractivity contribution is 6.31. The number of aliphatic hydroxyl groups is 1. The van der Waals surface area contributed by atoms with Gasteiger partial charge in [-0.05, 0) is 61.2 Å². The van der Waals surface area contributed by atoms with Gasteiger partial charge in [-0.25, -0.2) is 5.01 Å². The van der Waals surface area contributed by atoms with Crippen molar-refractivity contribution < 1.29 is 19.8 Å². The van der Waals surface area contributed by atoms with Crippen LogP contribution < -0.4 is 5.32 Å². The molecule has 1 heterocycles. The number of hydrogen-bond donors (Lipinski definition) is 3. The van der Waals surface area contributed by atoms with E-state index in [4.69, 9.17) is 16.7 Å². The lowest BCUT2D eigenvalue weighted by atomic mass is 9.92. The average molecular weight is 498 g/mol. The predicted octanol–water partition coefficient (Wildman–Crippen LogP) is 6.10. The highest BCUT2D eigenvalue weighted by atomic mass is 35.5. The number of aliphatic carboxylic acids is 1. The van der Waals surface area contributed by atoms with Gasteiger partial charge in [-0.1, -0.05) is 57.0 Å². The first-order valence-electron chi connectivity index (χ1n) is 11.6. The molecule has 0 saturated heterocycles. The summed E-state index contributed by atoms with van der Waals surface area (Å²) in [5.41, 5.74) is 4.56. The van der Waals surface area contributed by atoms with Crippen LogP contribution >= 0.6 is 11.6 Å². The molecular weight excluding hydrogens is 466 g/mol. The van der Waals surface area contributed by atoms with Gasteiger partial charge in [0.15, 0.2) is 11.5 Å². The number of allylic oxidation sites excluding steroid dienone is 1. The molecule has 0 saturated carbocycles. The molecule has 1 aliphatic heterocycles. The third-order valence-corrected chi connectivity index (χ3v) is 5.38. The number of nitrogens with one attached hydrogen (secondary N) is 1. The van der Waals surface area contributed by atoms with Gasteiger partial charge in [-0.15, -0.1) is 0 Å². The van der Waals surface area contributed by atoms with Gasteiger partial charge < -0.3 is 15.5 Å². The Bertz CT molecular complexity index is 1180. The van der Waals surface area contributed by atoms with Crippen molar-refractivity contribution in [2.45, 2.75) is 47.5 Å². The molecule has 186 valence electrons. The number of hydrogen-bond acceptors (Lipinski definition) is 5. The van der Waals surface area contributed by atoms with Gasteiger partial charge in [0.25, 0.3) is 5.91 Å². The van der Waals surface area contributed by atoms with Crippen LogP contribution in [0.4, 0.5) is 0 Å². The summed E-state index contributed by atoms with van der Waals surface area (Å²) in [7, 11) is 0. The highest BCUT2D eigenvalue weighted by Crippen LogP contribution is 2.40. The Labute approximate surface area is 211 Å². The standard InChI is InChI=1S/C25H26ClN3O4.C2H6/c1-4-7-15-10-17(12-18(26)11-15)16-8-9-19-20(13-16)21(5-2)29(28-6-3)23(24(19)32)25(33)27-14-22(30)31;1-2/h5-6,8-13,32H,4,7,14H2,1-3H3,(H,27,33)(H,30,31);1-2H3/b21-5+,28-6-;. The van der Waals surface area contributed by atoms with Crippen LogP contribution in [0.2, 0.25) is 5.02 Å². The van der Waals surface area contributed by atoms with Crippen LogP contribution in [-0.4, -0.2) is 39.9 Å². The lowest BCUT2D eigenvalue weighted by Crippen LogP contribution is -2.37. The van der Waals surface area contributed by atoms with Gasteiger partial charge in [0.05, 0.1) is 5.70 Å². The van der Waals surface area contributed by atoms with Crippen LogP contribution in [0.15, 0.2) is 53.3 Å². The Morgan fingerprint density at radius 2 is 1.80 bits per heavy atom. The summed E-state index contributed by atoms with van der Waals surface area (Å²) in [5, 5.41) is 28.4. The lowest BCUT2D eigenvalue weighted by Gasteiger charge is -2.31. The molecule has 1 aliphatic rings. The molecule has 0 unspecified atom stereocenters. The second kappa shape index (κ2) is 12.8. The van der Waals surface area contributed by atoms with Crippen LogP contribution in [0.5, 0.6) is 0 Å². The number of aryl methyl sites for hydroxylation is 1. The Morgan fingerprint density at radius 3 is 2.40 bits per heavy atom. The molecule has 1 amide bonds. The third kappa shape index (κ3) is 6.31. The van der Waals surface area contributed by atoms with Crippen molar-refractivity contribution >= 4 is 41.1 Å². The minimum Gasteiger partial charge on any atom is -0.505 e. The third-order valence-electron chi connectivity index (χ3n) is 5.16. The molecule has 0 aliphatic carbocycles. The number of amides is 1. The summed E-state index contributed by atoms with van der Waals surface area (Å²) in [6.07, 6.45) is 5.19. The first-order chi connectivity index (χ1) is 16.8. The van der Waals surface area contributed by atoms with Gasteiger partial charge in [0, 0.05) is 22.4 Å². The SMILES string of the molecule is C/C=N\N1C(C(=O)NCC(=O)O)=C(O)c2ccc(-c3cc(Cl)cc(CCC)c3)cc2/C1=C\C.CC. The zero-order valence-electron chi connectivity index (χ0n) is 20.7. The van der Waals surface area contributed by atoms with Crippen molar-refractivity contribution in [2.24, 2.45) is 5.10 Å². The van der Waals surface area contributed by atoms with Crippen LogP contribution in [0.25, 0.3) is 22.6 Å². The molecule has 2 aromatic rings. The number of fused-ring (bicyclic) bond motifs is 1. The van der Waals surface area contributed by atoms with Gasteiger partial charge >= 0.3 is 5.97 Å². The fourth-order valence-electron chi connectivity index (χ4n) is 3.81. The highest BCUT2D eigenvalue weighted by Gasteiger charge is 2.33. The number of carbonyl (C=O) groups is 2. The number of nitrogens with zero attached hydrogens (tertiary/aromatic N) is 2. The maximum Gasteiger partial charge on any atom is 0.322 e. The van der Waals surface area contributed by atoms with E-state index >= 15 is 0 Å². The van der Waals surface area contributed by atoms with E-state index < -0.39 is 18.4 Å². The monoisotopic (exact) mass is 497 g/mol. The molecule has 7 nitrogen and oxygen atoms in total. The molecular formula is C27H32ClN3O4. The van der Waals surface area contributed by atoms with Crippen molar-refractivity contribution in [2.75, 3.05) is 6.54 Å². The van der Waals surface area contributed by atoms with Crippen LogP contribution in [0.1, 0.15) is 57.7 Å². The number of hydrazone groups is 1. The van der Waals surface area contributed by atoms with E-state index in [1.807, 2.05) is 38.1 Å². The van der Waals surface area contributed by atoms with E-state index in [1.165, 1.54) is 11.2 Å². The first-order valence-corrected chi connectivity index (χ1v) is 12.0. The average Bonchev–Trinajstić information content (AvgIpc) is 2.84. The van der Waals surface area contributed by atoms with Crippen molar-refractivity contribution in [1.82, 2.24) is 10.3 Å². The number of benzene rings is 2. The smallest absolute Gasteiger partial charge is 0.322 e. The van der Waals surface area contributed by atoms with E-state index in [-0.39, 0.29) is 11.5 Å². The van der Waals surface area contributed by atoms with Crippen LogP contribution in [-0.2, 0) is 16.0 Å². The van der Waals surface area contributed by atoms with E-state index in [0.29, 0.717) is 21.8 Å². The van der Waals surface area contributed by atoms with Crippen molar-refractivity contribution in [3.8, 4) is 11.1 Å². The summed E-state index contributed by atoms with van der Waals surface area (Å²) < 4.78 is 0. The molecule has 3 N–H and O–H groups in total. The van der Waals surface area contributed by atoms with Crippen molar-refractivity contribution in [3.05, 3.63) is 69.9 Å². The van der Waals surface area contributed by atoms with Gasteiger partial charge in [-0.2, -0.15) is 5.10 Å². The molecule has 0 spiro atoms. The fourth-order valence-corrected chi connectivity index (χ4v) is 4.07. The van der Waals surface area contributed by atoms with Crippen LogP contribution in [0.3, 0.4) is 0 Å². The summed E-state index contributed by atoms with van der Waals surface area (Å²) in [6.45, 7) is 9.02. The topological polar surface area (TPSA) is 102 Å². The second-order valence-electron chi connectivity index (χ2n) is 7.49. The molecule has 0 radical (unpaired) electrons. The Morgan fingerprint density at radius 1 is 1.09 bits per heavy atom. The minimum absolute atomic E-state index is 0.143. The van der Waals surface area contributed by atoms with Crippen molar-refractivity contribution in [3.63, 3.8) is 0 Å². The number of carboxylic acids is 1. The van der Waals surface area contributed by atoms with E-state index in [0.717, 1.165) is 29.5 Å². The minimum atomic E-state index is -1.19. The Hall–Kier alpha value is -3.58. The summed E-state index contributed by atoms with van der Waals surface area (Å²) in [6, 6.07) is 11.5. The van der Waals surface area contributed by atoms with Gasteiger partial charge in [0.1, 0.15) is 6.54 Å². The molecule has 35 heavy (non-hydrogen) atoms. The Balaban J connectivity index is 0.00000210. The normalized spacial score (nSPS) is 14.0. The predicted molar refractivity (Wildman–Crippen MR) is 142 cm³/mol. The summed E-state index contributed by atoms with van der Waals surface area (Å²) in [4.78, 5) is 23.6. The zero-order valence-corrected chi connectivity index (χ0v) is 21.5. The number of aliphatic hydroxyl groups excluding tert-OH is 1. The van der Waals surface area contributed by atoms with Crippen molar-refractivity contribution in [1.29, 1.82) is 0 Å². The fraction of sp³-hybridized carbons (Fsp3) is 0.296. The maximum atomic E-state index is 12.7. The molecule has 8 heteroatoms. The van der Waals surface area contributed by atoms with Crippen LogP contribution in [0, 0.1) is 0 Å². The molecule has 3 rings (SSSR count). The van der Waals surface area contributed by atoms with Gasteiger partial charge in [0.2, 0.25) is 0 Å². The van der Waals surface area contributed by atoms with E-state index in [2.05, 4.69) is 23.4 Å². The molecule has 0 aromatic heterocycles. The lowest BCUT2D eigenvalue weighted by molar-refractivity contribution is -0.137. The number of rotatable bonds is 7. The quantitative estimate of drug-likeness (QED) is 0.401. The summed E-state index contributed by atoms with van der Waals surface area (Å²) >= 11 is 6.36. The number of carboxylic acid groups (broad SMARTS) is 1. The first kappa shape index (κ1) is 27.7. The summed E-state index contributed by atoms with van der Waals surface area (Å²) in [5.74, 6) is -2.22.